The minimum Gasteiger partial charge on any atom is -0.759 e. The minimum atomic E-state index is -5.17. The predicted octanol–water partition coefficient (Wildman–Crippen LogP) is -2.91. The van der Waals surface area contributed by atoms with Gasteiger partial charge >= 0.3 is 37.7 Å². The van der Waals surface area contributed by atoms with Crippen LogP contribution in [0.2, 0.25) is 0 Å². The van der Waals surface area contributed by atoms with Crippen molar-refractivity contribution in [2.75, 3.05) is 0 Å². The summed E-state index contributed by atoms with van der Waals surface area (Å²) in [4.78, 5) is 0. The van der Waals surface area contributed by atoms with E-state index < -0.39 is 10.4 Å². The van der Waals surface area contributed by atoms with Gasteiger partial charge in [-0.1, -0.05) is 0 Å². The summed E-state index contributed by atoms with van der Waals surface area (Å²) in [5, 5.41) is 0. The van der Waals surface area contributed by atoms with Crippen LogP contribution in [0.3, 0.4) is 0 Å². The Morgan fingerprint density at radius 3 is 1.12 bits per heavy atom. The zero-order valence-electron chi connectivity index (χ0n) is 3.13. The van der Waals surface area contributed by atoms with Crippen molar-refractivity contribution < 1.29 is 34.6 Å². The van der Waals surface area contributed by atoms with Crippen LogP contribution in [0.5, 0.6) is 0 Å². The Morgan fingerprint density at radius 1 is 1.12 bits per heavy atom. The Balaban J connectivity index is -0.0000000267. The molecular weight excluding hydrogens is 218 g/mol. The molecule has 1 radical (unpaired) electrons. The van der Waals surface area contributed by atoms with Gasteiger partial charge in [-0.25, -0.2) is 0 Å². The van der Waals surface area contributed by atoms with Crippen molar-refractivity contribution in [2.45, 2.75) is 0 Å². The second-order valence-electron chi connectivity index (χ2n) is 0.408. The smallest absolute Gasteiger partial charge is 0.759 e. The molecule has 0 aliphatic heterocycles. The first-order chi connectivity index (χ1) is 2.00. The fourth-order valence-electron chi connectivity index (χ4n) is 0. The second kappa shape index (κ2) is 9.18. The molecular formula is H3AlCaMnO4S. The molecule has 0 saturated heterocycles. The minimum absolute atomic E-state index is 0. The van der Waals surface area contributed by atoms with E-state index in [1.807, 2.05) is 0 Å². The Labute approximate surface area is 98.6 Å². The summed E-state index contributed by atoms with van der Waals surface area (Å²) >= 11 is 0. The van der Waals surface area contributed by atoms with Gasteiger partial charge in [-0.3, -0.25) is 8.42 Å². The van der Waals surface area contributed by atoms with E-state index in [2.05, 4.69) is 0 Å². The Bertz CT molecular complexity index is 99.2. The van der Waals surface area contributed by atoms with Crippen molar-refractivity contribution in [3.63, 3.8) is 0 Å². The van der Waals surface area contributed by atoms with E-state index in [0.29, 0.717) is 0 Å². The monoisotopic (exact) mass is 221 g/mol. The molecule has 0 amide bonds. The van der Waals surface area contributed by atoms with E-state index in [-0.39, 0.29) is 72.2 Å². The predicted molar refractivity (Wildman–Crippen MR) is 26.2 cm³/mol. The third kappa shape index (κ3) is 88.7. The molecule has 0 aliphatic carbocycles. The average molecular weight is 221 g/mol. The second-order valence-corrected chi connectivity index (χ2v) is 1.22. The summed E-state index contributed by atoms with van der Waals surface area (Å²) in [6.45, 7) is 0. The van der Waals surface area contributed by atoms with E-state index in [1.165, 1.54) is 0 Å². The van der Waals surface area contributed by atoms with Crippen molar-refractivity contribution >= 4 is 65.5 Å². The van der Waals surface area contributed by atoms with Gasteiger partial charge in [0.05, 0.1) is 0 Å². The Hall–Kier alpha value is 2.18. The average Bonchev–Trinajstić information content (AvgIpc) is 0.722. The normalized spacial score (nSPS) is 7.25. The Kier molecular flexibility index (Phi) is 25.8. The maximum absolute atomic E-state index is 8.52. The first kappa shape index (κ1) is 22.5. The van der Waals surface area contributed by atoms with Crippen molar-refractivity contribution in [3.05, 3.63) is 0 Å². The van der Waals surface area contributed by atoms with Gasteiger partial charge in [-0.15, -0.1) is 0 Å². The van der Waals surface area contributed by atoms with E-state index in [4.69, 9.17) is 17.5 Å². The third-order valence-corrected chi connectivity index (χ3v) is 0. The summed E-state index contributed by atoms with van der Waals surface area (Å²) in [6.07, 6.45) is 0. The van der Waals surface area contributed by atoms with Gasteiger partial charge in [0.1, 0.15) is 0 Å². The van der Waals surface area contributed by atoms with Crippen LogP contribution >= 0.6 is 0 Å². The molecule has 0 aromatic heterocycles. The van der Waals surface area contributed by atoms with Gasteiger partial charge < -0.3 is 9.11 Å². The molecule has 0 heterocycles. The van der Waals surface area contributed by atoms with Gasteiger partial charge in [0.25, 0.3) is 0 Å². The molecule has 0 saturated carbocycles. The molecule has 4 nitrogen and oxygen atoms in total. The van der Waals surface area contributed by atoms with Crippen molar-refractivity contribution in [2.24, 2.45) is 0 Å². The molecule has 8 heteroatoms. The largest absolute Gasteiger partial charge is 2.00 e. The van der Waals surface area contributed by atoms with Crippen LogP contribution in [0.1, 0.15) is 0 Å². The molecule has 8 heavy (non-hydrogen) atoms. The zero-order valence-corrected chi connectivity index (χ0v) is 7.33. The molecule has 0 N–H and O–H groups in total. The van der Waals surface area contributed by atoms with E-state index in [1.54, 1.807) is 0 Å². The molecule has 0 spiro atoms. The summed E-state index contributed by atoms with van der Waals surface area (Å²) in [6, 6.07) is 0. The molecule has 0 unspecified atom stereocenters. The van der Waals surface area contributed by atoms with Crippen LogP contribution in [0.4, 0.5) is 0 Å². The molecule has 45 valence electrons. The molecule has 0 fully saturated rings. The first-order valence-corrected chi connectivity index (χ1v) is 2.00. The summed E-state index contributed by atoms with van der Waals surface area (Å²) < 4.78 is 34.1. The van der Waals surface area contributed by atoms with Crippen molar-refractivity contribution in [3.8, 4) is 0 Å². The van der Waals surface area contributed by atoms with Crippen LogP contribution in [-0.2, 0) is 27.5 Å². The van der Waals surface area contributed by atoms with Gasteiger partial charge in [0.2, 0.25) is 0 Å². The van der Waals surface area contributed by atoms with Gasteiger partial charge in [-0.05, 0) is 0 Å². The SMILES string of the molecule is O=S(=O)([O-])[O-].[AlH3].[Ca+2].[Mn]. The summed E-state index contributed by atoms with van der Waals surface area (Å²) in [7, 11) is -5.17. The van der Waals surface area contributed by atoms with Crippen LogP contribution in [0.25, 0.3) is 0 Å². The summed E-state index contributed by atoms with van der Waals surface area (Å²) in [5.41, 5.74) is 0. The zero-order chi connectivity index (χ0) is 4.50. The molecule has 0 atom stereocenters. The Morgan fingerprint density at radius 2 is 1.12 bits per heavy atom. The standard InChI is InChI=1S/Al.Ca.Mn.H2O4S.3H/c;;;1-5(2,3)4;;;/h;;;(H2,1,2,3,4);;;/q;+2;;;;;/p-2. The van der Waals surface area contributed by atoms with Crippen LogP contribution in [0.15, 0.2) is 0 Å². The summed E-state index contributed by atoms with van der Waals surface area (Å²) in [5.74, 6) is 0. The molecule has 0 rings (SSSR count). The van der Waals surface area contributed by atoms with Crippen LogP contribution < -0.4 is 0 Å². The number of hydrogen-bond donors (Lipinski definition) is 0. The van der Waals surface area contributed by atoms with Gasteiger partial charge in [0.15, 0.2) is 17.4 Å². The quantitative estimate of drug-likeness (QED) is 0.249. The maximum Gasteiger partial charge on any atom is 2.00 e. The van der Waals surface area contributed by atoms with Crippen molar-refractivity contribution in [1.82, 2.24) is 0 Å². The number of rotatable bonds is 0. The fourth-order valence-corrected chi connectivity index (χ4v) is 0. The fraction of sp³-hybridized carbons (Fsp3) is 0. The van der Waals surface area contributed by atoms with Gasteiger partial charge in [-0.2, -0.15) is 0 Å². The maximum atomic E-state index is 8.52. The van der Waals surface area contributed by atoms with E-state index >= 15 is 0 Å². The molecule has 0 aromatic rings. The molecule has 0 bridgehead atoms. The number of hydrogen-bond acceptors (Lipinski definition) is 4. The third-order valence-electron chi connectivity index (χ3n) is 0. The van der Waals surface area contributed by atoms with Crippen molar-refractivity contribution in [1.29, 1.82) is 0 Å². The van der Waals surface area contributed by atoms with E-state index in [0.717, 1.165) is 0 Å². The topological polar surface area (TPSA) is 80.3 Å². The first-order valence-electron chi connectivity index (χ1n) is 0.667. The molecule has 0 aromatic carbocycles. The van der Waals surface area contributed by atoms with Gasteiger partial charge in [0, 0.05) is 27.5 Å². The molecule has 0 aliphatic rings. The van der Waals surface area contributed by atoms with Crippen LogP contribution in [-0.4, -0.2) is 72.6 Å². The van der Waals surface area contributed by atoms with E-state index in [9.17, 15) is 0 Å². The van der Waals surface area contributed by atoms with Crippen LogP contribution in [0, 0.1) is 0 Å².